The maximum atomic E-state index is 11.5. The predicted molar refractivity (Wildman–Crippen MR) is 140 cm³/mol. The minimum Gasteiger partial charge on any atom is -0.427 e. The highest BCUT2D eigenvalue weighted by atomic mass is 16.5. The van der Waals surface area contributed by atoms with E-state index in [4.69, 9.17) is 9.47 Å². The summed E-state index contributed by atoms with van der Waals surface area (Å²) in [7, 11) is 0. The molecule has 2 N–H and O–H groups in total. The minimum atomic E-state index is -0.286. The van der Waals surface area contributed by atoms with Crippen molar-refractivity contribution in [3.63, 3.8) is 0 Å². The Bertz CT molecular complexity index is 1460. The summed E-state index contributed by atoms with van der Waals surface area (Å²) in [6.07, 6.45) is 0.623. The third kappa shape index (κ3) is 5.49. The van der Waals surface area contributed by atoms with E-state index in [9.17, 15) is 9.59 Å². The van der Waals surface area contributed by atoms with Crippen LogP contribution in [-0.2, 0) is 9.59 Å². The van der Waals surface area contributed by atoms with Crippen molar-refractivity contribution in [3.05, 3.63) is 72.8 Å². The number of carbonyl (C=O) groups is 2. The molecule has 10 nitrogen and oxygen atoms in total. The highest BCUT2D eigenvalue weighted by Crippen LogP contribution is 2.27. The number of aromatic amines is 2. The summed E-state index contributed by atoms with van der Waals surface area (Å²) < 4.78 is 10.4. The SMILES string of the molecule is CCC(=O)Oc1ccc(-c2nc(-c3cccc(-c4n[nH]c(-c5ccc(OC(=O)CC)cc5)n4)c3)n[nH]2)cc1. The molecule has 0 amide bonds. The van der Waals surface area contributed by atoms with Gasteiger partial charge >= 0.3 is 11.9 Å². The van der Waals surface area contributed by atoms with Crippen LogP contribution >= 0.6 is 0 Å². The van der Waals surface area contributed by atoms with Gasteiger partial charge in [0.2, 0.25) is 0 Å². The molecule has 10 heteroatoms. The largest absolute Gasteiger partial charge is 0.427 e. The van der Waals surface area contributed by atoms with Crippen molar-refractivity contribution in [3.8, 4) is 57.1 Å². The van der Waals surface area contributed by atoms with E-state index >= 15 is 0 Å². The standard InChI is InChI=1S/C28H24N6O4/c1-3-23(35)37-21-12-8-17(9-13-21)25-29-27(33-31-25)19-6-5-7-20(16-19)28-30-26(32-34-28)18-10-14-22(15-11-18)38-24(36)4-2/h5-16H,3-4H2,1-2H3,(H,29,31,33)(H,30,32,34). The number of H-pyrrole nitrogens is 2. The van der Waals surface area contributed by atoms with Crippen molar-refractivity contribution in [2.45, 2.75) is 26.7 Å². The number of esters is 2. The van der Waals surface area contributed by atoms with E-state index < -0.39 is 0 Å². The van der Waals surface area contributed by atoms with Crippen LogP contribution in [0.5, 0.6) is 11.5 Å². The lowest BCUT2D eigenvalue weighted by atomic mass is 10.1. The lowest BCUT2D eigenvalue weighted by Gasteiger charge is -2.03. The lowest BCUT2D eigenvalue weighted by Crippen LogP contribution is -2.05. The highest BCUT2D eigenvalue weighted by Gasteiger charge is 2.13. The molecule has 0 saturated heterocycles. The number of hydrogen-bond acceptors (Lipinski definition) is 8. The van der Waals surface area contributed by atoms with Gasteiger partial charge < -0.3 is 9.47 Å². The molecule has 3 aromatic carbocycles. The first-order valence-electron chi connectivity index (χ1n) is 12.1. The first-order valence-corrected chi connectivity index (χ1v) is 12.1. The number of rotatable bonds is 8. The Morgan fingerprint density at radius 1 is 0.632 bits per heavy atom. The molecular weight excluding hydrogens is 484 g/mol. The normalized spacial score (nSPS) is 10.8. The van der Waals surface area contributed by atoms with Crippen molar-refractivity contribution in [2.24, 2.45) is 0 Å². The molecule has 0 fully saturated rings. The average Bonchev–Trinajstić information content (AvgIpc) is 3.65. The van der Waals surface area contributed by atoms with E-state index in [-0.39, 0.29) is 11.9 Å². The zero-order valence-corrected chi connectivity index (χ0v) is 20.8. The molecule has 38 heavy (non-hydrogen) atoms. The summed E-state index contributed by atoms with van der Waals surface area (Å²) in [5.74, 6) is 2.62. The molecule has 0 saturated carbocycles. The Morgan fingerprint density at radius 3 is 1.45 bits per heavy atom. The van der Waals surface area contributed by atoms with Crippen molar-refractivity contribution in [1.82, 2.24) is 30.4 Å². The number of benzene rings is 3. The van der Waals surface area contributed by atoms with Crippen molar-refractivity contribution >= 4 is 11.9 Å². The second kappa shape index (κ2) is 10.9. The van der Waals surface area contributed by atoms with E-state index in [1.807, 2.05) is 48.5 Å². The van der Waals surface area contributed by atoms with Gasteiger partial charge in [0.15, 0.2) is 23.3 Å². The Kier molecular flexibility index (Phi) is 7.03. The molecule has 5 aromatic rings. The van der Waals surface area contributed by atoms with E-state index in [2.05, 4.69) is 30.4 Å². The van der Waals surface area contributed by atoms with Crippen LogP contribution in [0.25, 0.3) is 45.6 Å². The fourth-order valence-electron chi connectivity index (χ4n) is 3.61. The van der Waals surface area contributed by atoms with Crippen LogP contribution in [0.15, 0.2) is 72.8 Å². The Morgan fingerprint density at radius 2 is 1.05 bits per heavy atom. The molecular formula is C28H24N6O4. The number of carbonyl (C=O) groups excluding carboxylic acids is 2. The molecule has 0 aliphatic heterocycles. The van der Waals surface area contributed by atoms with Crippen LogP contribution in [0.2, 0.25) is 0 Å². The monoisotopic (exact) mass is 508 g/mol. The summed E-state index contributed by atoms with van der Waals surface area (Å²) in [4.78, 5) is 32.2. The van der Waals surface area contributed by atoms with E-state index in [0.29, 0.717) is 47.6 Å². The molecule has 0 aliphatic rings. The number of nitrogens with zero attached hydrogens (tertiary/aromatic N) is 4. The summed E-state index contributed by atoms with van der Waals surface area (Å²) in [5.41, 5.74) is 3.22. The molecule has 0 atom stereocenters. The maximum Gasteiger partial charge on any atom is 0.310 e. The molecule has 0 spiro atoms. The molecule has 2 aromatic heterocycles. The summed E-state index contributed by atoms with van der Waals surface area (Å²) >= 11 is 0. The fourth-order valence-corrected chi connectivity index (χ4v) is 3.61. The summed E-state index contributed by atoms with van der Waals surface area (Å²) in [6, 6.07) is 21.8. The summed E-state index contributed by atoms with van der Waals surface area (Å²) in [5, 5.41) is 14.6. The number of ether oxygens (including phenoxy) is 2. The van der Waals surface area contributed by atoms with Crippen LogP contribution in [-0.4, -0.2) is 42.3 Å². The third-order valence-corrected chi connectivity index (χ3v) is 5.65. The van der Waals surface area contributed by atoms with Gasteiger partial charge in [0.05, 0.1) is 0 Å². The van der Waals surface area contributed by atoms with Gasteiger partial charge in [-0.3, -0.25) is 19.8 Å². The van der Waals surface area contributed by atoms with Gasteiger partial charge in [0, 0.05) is 35.1 Å². The maximum absolute atomic E-state index is 11.5. The molecule has 190 valence electrons. The van der Waals surface area contributed by atoms with Gasteiger partial charge in [0.1, 0.15) is 11.5 Å². The van der Waals surface area contributed by atoms with Crippen molar-refractivity contribution < 1.29 is 19.1 Å². The number of nitrogens with one attached hydrogen (secondary N) is 2. The molecule has 0 radical (unpaired) electrons. The van der Waals surface area contributed by atoms with Crippen LogP contribution < -0.4 is 9.47 Å². The first kappa shape index (κ1) is 24.6. The van der Waals surface area contributed by atoms with Gasteiger partial charge in [-0.05, 0) is 54.6 Å². The van der Waals surface area contributed by atoms with E-state index in [1.54, 1.807) is 38.1 Å². The lowest BCUT2D eigenvalue weighted by molar-refractivity contribution is -0.134. The zero-order valence-electron chi connectivity index (χ0n) is 20.8. The zero-order chi connectivity index (χ0) is 26.5. The third-order valence-electron chi connectivity index (χ3n) is 5.65. The second-order valence-electron chi connectivity index (χ2n) is 8.30. The molecule has 0 bridgehead atoms. The molecule has 5 rings (SSSR count). The molecule has 0 unspecified atom stereocenters. The van der Waals surface area contributed by atoms with E-state index in [1.165, 1.54) is 0 Å². The average molecular weight is 509 g/mol. The Labute approximate surface area is 218 Å². The van der Waals surface area contributed by atoms with Crippen molar-refractivity contribution in [1.29, 1.82) is 0 Å². The molecule has 2 heterocycles. The van der Waals surface area contributed by atoms with Gasteiger partial charge in [-0.15, -0.1) is 0 Å². The van der Waals surface area contributed by atoms with E-state index in [0.717, 1.165) is 22.3 Å². The van der Waals surface area contributed by atoms with Gasteiger partial charge in [0.25, 0.3) is 0 Å². The van der Waals surface area contributed by atoms with Gasteiger partial charge in [-0.2, -0.15) is 10.2 Å². The van der Waals surface area contributed by atoms with Crippen molar-refractivity contribution in [2.75, 3.05) is 0 Å². The Balaban J connectivity index is 1.32. The quantitative estimate of drug-likeness (QED) is 0.215. The predicted octanol–water partition coefficient (Wildman–Crippen LogP) is 5.22. The summed E-state index contributed by atoms with van der Waals surface area (Å²) in [6.45, 7) is 3.49. The van der Waals surface area contributed by atoms with Crippen LogP contribution in [0, 0.1) is 0 Å². The Hall–Kier alpha value is -5.12. The van der Waals surface area contributed by atoms with Gasteiger partial charge in [-0.1, -0.05) is 32.0 Å². The smallest absolute Gasteiger partial charge is 0.310 e. The van der Waals surface area contributed by atoms with Gasteiger partial charge in [-0.25, -0.2) is 9.97 Å². The number of aromatic nitrogens is 6. The van der Waals surface area contributed by atoms with Crippen LogP contribution in [0.1, 0.15) is 26.7 Å². The highest BCUT2D eigenvalue weighted by molar-refractivity contribution is 5.73. The van der Waals surface area contributed by atoms with Crippen LogP contribution in [0.4, 0.5) is 0 Å². The first-order chi connectivity index (χ1) is 18.5. The molecule has 0 aliphatic carbocycles. The number of hydrogen-bond donors (Lipinski definition) is 2. The van der Waals surface area contributed by atoms with Crippen LogP contribution in [0.3, 0.4) is 0 Å². The minimum absolute atomic E-state index is 0.286. The fraction of sp³-hybridized carbons (Fsp3) is 0.143. The topological polar surface area (TPSA) is 136 Å². The second-order valence-corrected chi connectivity index (χ2v) is 8.30.